The molecule has 27 heavy (non-hydrogen) atoms. The summed E-state index contributed by atoms with van der Waals surface area (Å²) >= 11 is 0. The molecule has 6 heteroatoms. The van der Waals surface area contributed by atoms with Crippen molar-refractivity contribution in [3.05, 3.63) is 48.3 Å². The minimum atomic E-state index is -0.00691. The summed E-state index contributed by atoms with van der Waals surface area (Å²) in [6.45, 7) is 9.01. The number of amides is 1. The number of anilines is 2. The minimum Gasteiger partial charge on any atom is -0.495 e. The molecule has 0 N–H and O–H groups in total. The predicted octanol–water partition coefficient (Wildman–Crippen LogP) is 2.90. The molecular weight excluding hydrogens is 340 g/mol. The van der Waals surface area contributed by atoms with Crippen LogP contribution in [0.25, 0.3) is 0 Å². The maximum Gasteiger partial charge on any atom is 0.272 e. The van der Waals surface area contributed by atoms with Crippen molar-refractivity contribution in [2.75, 3.05) is 56.2 Å². The Hall–Kier alpha value is -2.76. The number of pyridine rings is 1. The Morgan fingerprint density at radius 1 is 1.04 bits per heavy atom. The number of benzene rings is 1. The highest BCUT2D eigenvalue weighted by atomic mass is 16.5. The van der Waals surface area contributed by atoms with Crippen molar-refractivity contribution in [2.24, 2.45) is 0 Å². The summed E-state index contributed by atoms with van der Waals surface area (Å²) in [4.78, 5) is 23.2. The number of methoxy groups -OCH3 is 1. The molecule has 0 radical (unpaired) electrons. The lowest BCUT2D eigenvalue weighted by molar-refractivity contribution is 0.0767. The summed E-state index contributed by atoms with van der Waals surface area (Å²) < 4.78 is 5.48. The first-order valence-electron chi connectivity index (χ1n) is 9.56. The highest BCUT2D eigenvalue weighted by Crippen LogP contribution is 2.29. The summed E-state index contributed by atoms with van der Waals surface area (Å²) in [5, 5.41) is 0. The van der Waals surface area contributed by atoms with Crippen LogP contribution < -0.4 is 14.5 Å². The molecule has 1 saturated heterocycles. The zero-order valence-corrected chi connectivity index (χ0v) is 16.4. The number of piperazine rings is 1. The van der Waals surface area contributed by atoms with Gasteiger partial charge in [-0.05, 0) is 38.1 Å². The molecule has 0 spiro atoms. The van der Waals surface area contributed by atoms with Crippen molar-refractivity contribution in [1.29, 1.82) is 0 Å². The van der Waals surface area contributed by atoms with Crippen LogP contribution in [0.15, 0.2) is 42.6 Å². The van der Waals surface area contributed by atoms with Gasteiger partial charge in [-0.15, -0.1) is 0 Å². The summed E-state index contributed by atoms with van der Waals surface area (Å²) in [7, 11) is 1.71. The zero-order valence-electron chi connectivity index (χ0n) is 16.4. The Bertz CT molecular complexity index is 751. The van der Waals surface area contributed by atoms with Crippen LogP contribution in [0, 0.1) is 0 Å². The maximum atomic E-state index is 12.4. The third-order valence-electron chi connectivity index (χ3n) is 5.09. The second-order valence-corrected chi connectivity index (χ2v) is 6.53. The molecule has 0 unspecified atom stereocenters. The third-order valence-corrected chi connectivity index (χ3v) is 5.09. The van der Waals surface area contributed by atoms with Gasteiger partial charge in [0.05, 0.1) is 24.7 Å². The maximum absolute atomic E-state index is 12.4. The number of para-hydroxylation sites is 2. The van der Waals surface area contributed by atoms with E-state index in [1.165, 1.54) is 0 Å². The number of carbonyl (C=O) groups excluding carboxylic acids is 1. The Labute approximate surface area is 161 Å². The first-order chi connectivity index (χ1) is 13.2. The fourth-order valence-corrected chi connectivity index (χ4v) is 3.47. The largest absolute Gasteiger partial charge is 0.495 e. The quantitative estimate of drug-likeness (QED) is 0.785. The van der Waals surface area contributed by atoms with E-state index in [-0.39, 0.29) is 5.91 Å². The fourth-order valence-electron chi connectivity index (χ4n) is 3.47. The van der Waals surface area contributed by atoms with E-state index in [2.05, 4.69) is 20.9 Å². The van der Waals surface area contributed by atoms with Crippen LogP contribution in [0.2, 0.25) is 0 Å². The van der Waals surface area contributed by atoms with Crippen LogP contribution in [0.5, 0.6) is 5.75 Å². The molecule has 0 bridgehead atoms. The normalized spacial score (nSPS) is 14.2. The molecule has 144 valence electrons. The number of nitrogens with zero attached hydrogens (tertiary/aromatic N) is 4. The van der Waals surface area contributed by atoms with Crippen LogP contribution in [-0.4, -0.2) is 62.2 Å². The molecule has 0 atom stereocenters. The molecule has 0 saturated carbocycles. The van der Waals surface area contributed by atoms with Crippen molar-refractivity contribution in [1.82, 2.24) is 9.88 Å². The number of carbonyl (C=O) groups is 1. The van der Waals surface area contributed by atoms with Gasteiger partial charge in [-0.3, -0.25) is 4.79 Å². The highest BCUT2D eigenvalue weighted by molar-refractivity contribution is 5.92. The van der Waals surface area contributed by atoms with Gasteiger partial charge in [-0.1, -0.05) is 12.1 Å². The van der Waals surface area contributed by atoms with Crippen molar-refractivity contribution >= 4 is 17.3 Å². The number of hydrogen-bond acceptors (Lipinski definition) is 5. The highest BCUT2D eigenvalue weighted by Gasteiger charge is 2.20. The third kappa shape index (κ3) is 4.15. The van der Waals surface area contributed by atoms with Crippen LogP contribution in [0.3, 0.4) is 0 Å². The first-order valence-corrected chi connectivity index (χ1v) is 9.56. The number of aromatic nitrogens is 1. The van der Waals surface area contributed by atoms with Gasteiger partial charge >= 0.3 is 0 Å². The summed E-state index contributed by atoms with van der Waals surface area (Å²) in [5.41, 5.74) is 2.71. The van der Waals surface area contributed by atoms with Crippen molar-refractivity contribution in [3.8, 4) is 5.75 Å². The van der Waals surface area contributed by atoms with E-state index in [1.54, 1.807) is 12.0 Å². The predicted molar refractivity (Wildman–Crippen MR) is 109 cm³/mol. The van der Waals surface area contributed by atoms with Crippen molar-refractivity contribution < 1.29 is 9.53 Å². The SMILES string of the molecule is CCN(CC)C(=O)c1ccc(N2CCN(c3ccccc3OC)CC2)cn1. The van der Waals surface area contributed by atoms with Gasteiger partial charge < -0.3 is 19.4 Å². The van der Waals surface area contributed by atoms with Gasteiger partial charge in [0.1, 0.15) is 11.4 Å². The van der Waals surface area contributed by atoms with E-state index in [9.17, 15) is 4.79 Å². The Balaban J connectivity index is 1.64. The van der Waals surface area contributed by atoms with E-state index in [1.807, 2.05) is 50.4 Å². The summed E-state index contributed by atoms with van der Waals surface area (Å²) in [6.07, 6.45) is 1.81. The van der Waals surface area contributed by atoms with E-state index < -0.39 is 0 Å². The Morgan fingerprint density at radius 2 is 1.70 bits per heavy atom. The first kappa shape index (κ1) is 19.0. The van der Waals surface area contributed by atoms with E-state index in [4.69, 9.17) is 4.74 Å². The molecule has 1 amide bonds. The lowest BCUT2D eigenvalue weighted by atomic mass is 10.2. The van der Waals surface area contributed by atoms with Crippen LogP contribution >= 0.6 is 0 Å². The second kappa shape index (κ2) is 8.75. The fraction of sp³-hybridized carbons (Fsp3) is 0.429. The van der Waals surface area contributed by atoms with Gasteiger partial charge in [-0.25, -0.2) is 4.98 Å². The average Bonchev–Trinajstić information content (AvgIpc) is 2.74. The van der Waals surface area contributed by atoms with Crippen molar-refractivity contribution in [2.45, 2.75) is 13.8 Å². The molecule has 2 heterocycles. The van der Waals surface area contributed by atoms with Crippen LogP contribution in [0.1, 0.15) is 24.3 Å². The van der Waals surface area contributed by atoms with Gasteiger partial charge in [0.15, 0.2) is 0 Å². The van der Waals surface area contributed by atoms with Gasteiger partial charge in [0.25, 0.3) is 5.91 Å². The Morgan fingerprint density at radius 3 is 2.30 bits per heavy atom. The number of rotatable bonds is 6. The molecule has 1 aromatic heterocycles. The van der Waals surface area contributed by atoms with E-state index in [0.29, 0.717) is 18.8 Å². The smallest absolute Gasteiger partial charge is 0.272 e. The van der Waals surface area contributed by atoms with E-state index >= 15 is 0 Å². The minimum absolute atomic E-state index is 0.00691. The van der Waals surface area contributed by atoms with Crippen molar-refractivity contribution in [3.63, 3.8) is 0 Å². The summed E-state index contributed by atoms with van der Waals surface area (Å²) in [6, 6.07) is 12.0. The number of hydrogen-bond donors (Lipinski definition) is 0. The van der Waals surface area contributed by atoms with Crippen LogP contribution in [0.4, 0.5) is 11.4 Å². The molecule has 6 nitrogen and oxygen atoms in total. The van der Waals surface area contributed by atoms with Gasteiger partial charge in [0, 0.05) is 39.3 Å². The molecule has 1 fully saturated rings. The summed E-state index contributed by atoms with van der Waals surface area (Å²) in [5.74, 6) is 0.902. The number of ether oxygens (including phenoxy) is 1. The average molecular weight is 368 g/mol. The molecule has 2 aromatic rings. The van der Waals surface area contributed by atoms with E-state index in [0.717, 1.165) is 43.3 Å². The standard InChI is InChI=1S/C21H28N4O2/c1-4-23(5-2)21(26)18-11-10-17(16-22-18)24-12-14-25(15-13-24)19-8-6-7-9-20(19)27-3/h6-11,16H,4-5,12-15H2,1-3H3. The molecule has 0 aliphatic carbocycles. The molecule has 1 aromatic carbocycles. The molecule has 3 rings (SSSR count). The monoisotopic (exact) mass is 368 g/mol. The molecular formula is C21H28N4O2. The van der Waals surface area contributed by atoms with Gasteiger partial charge in [0.2, 0.25) is 0 Å². The second-order valence-electron chi connectivity index (χ2n) is 6.53. The zero-order chi connectivity index (χ0) is 19.2. The Kier molecular flexibility index (Phi) is 6.16. The van der Waals surface area contributed by atoms with Crippen LogP contribution in [-0.2, 0) is 0 Å². The lowest BCUT2D eigenvalue weighted by Gasteiger charge is -2.37. The topological polar surface area (TPSA) is 48.9 Å². The lowest BCUT2D eigenvalue weighted by Crippen LogP contribution is -2.46. The van der Waals surface area contributed by atoms with Gasteiger partial charge in [-0.2, -0.15) is 0 Å². The molecule has 1 aliphatic heterocycles. The molecule has 1 aliphatic rings.